The molecule has 0 unspecified atom stereocenters. The Morgan fingerprint density at radius 3 is 2.94 bits per heavy atom. The number of amides is 1. The maximum atomic E-state index is 11.7. The molecule has 0 saturated carbocycles. The van der Waals surface area contributed by atoms with Gasteiger partial charge in [-0.05, 0) is 12.1 Å². The number of furan rings is 1. The summed E-state index contributed by atoms with van der Waals surface area (Å²) in [6, 6.07) is 4.96. The fraction of sp³-hybridized carbons (Fsp3) is 0.200. The van der Waals surface area contributed by atoms with Gasteiger partial charge in [0.15, 0.2) is 11.6 Å². The lowest BCUT2D eigenvalue weighted by Gasteiger charge is -1.97. The molecule has 6 heteroatoms. The van der Waals surface area contributed by atoms with Gasteiger partial charge in [0, 0.05) is 19.3 Å². The van der Waals surface area contributed by atoms with Crippen molar-refractivity contribution in [3.8, 4) is 0 Å². The molecule has 0 bridgehead atoms. The van der Waals surface area contributed by atoms with Crippen LogP contribution < -0.4 is 11.1 Å². The first-order chi connectivity index (χ1) is 7.69. The number of nitrogens with one attached hydrogen (secondary N) is 1. The molecule has 2 aromatic rings. The van der Waals surface area contributed by atoms with E-state index in [1.165, 1.54) is 0 Å². The molecule has 0 spiro atoms. The molecule has 0 saturated heterocycles. The topological polar surface area (TPSA) is 86.1 Å². The van der Waals surface area contributed by atoms with Gasteiger partial charge < -0.3 is 15.5 Å². The van der Waals surface area contributed by atoms with Gasteiger partial charge in [0.25, 0.3) is 5.91 Å². The summed E-state index contributed by atoms with van der Waals surface area (Å²) in [6.07, 6.45) is 1.74. The van der Waals surface area contributed by atoms with E-state index in [4.69, 9.17) is 10.2 Å². The highest BCUT2D eigenvalue weighted by molar-refractivity contribution is 6.01. The predicted octanol–water partition coefficient (Wildman–Crippen LogP) is 0.724. The largest absolute Gasteiger partial charge is 0.455 e. The maximum Gasteiger partial charge on any atom is 0.292 e. The minimum absolute atomic E-state index is 0.228. The Bertz CT molecular complexity index is 500. The van der Waals surface area contributed by atoms with Crippen LogP contribution in [-0.4, -0.2) is 15.7 Å². The third-order valence-electron chi connectivity index (χ3n) is 2.04. The van der Waals surface area contributed by atoms with Crippen molar-refractivity contribution < 1.29 is 9.21 Å². The molecule has 0 aromatic carbocycles. The average molecular weight is 220 g/mol. The van der Waals surface area contributed by atoms with Gasteiger partial charge in [-0.1, -0.05) is 0 Å². The smallest absolute Gasteiger partial charge is 0.292 e. The summed E-state index contributed by atoms with van der Waals surface area (Å²) in [6.45, 7) is 0.275. The van der Waals surface area contributed by atoms with Crippen molar-refractivity contribution in [2.24, 2.45) is 12.8 Å². The molecular formula is C10H12N4O2. The molecule has 0 aliphatic carbocycles. The van der Waals surface area contributed by atoms with Crippen LogP contribution in [0.4, 0.5) is 5.82 Å². The lowest BCUT2D eigenvalue weighted by molar-refractivity contribution is 0.0994. The van der Waals surface area contributed by atoms with E-state index < -0.39 is 0 Å². The fourth-order valence-electron chi connectivity index (χ4n) is 1.27. The second-order valence-corrected chi connectivity index (χ2v) is 3.30. The number of rotatable bonds is 3. The number of hydrogen-bond donors (Lipinski definition) is 2. The highest BCUT2D eigenvalue weighted by atomic mass is 16.4. The van der Waals surface area contributed by atoms with Gasteiger partial charge in [0.1, 0.15) is 5.76 Å². The molecule has 0 aliphatic rings. The van der Waals surface area contributed by atoms with E-state index in [0.29, 0.717) is 11.6 Å². The van der Waals surface area contributed by atoms with E-state index in [0.717, 1.165) is 0 Å². The summed E-state index contributed by atoms with van der Waals surface area (Å²) < 4.78 is 6.80. The Morgan fingerprint density at radius 1 is 1.56 bits per heavy atom. The van der Waals surface area contributed by atoms with Crippen molar-refractivity contribution in [3.63, 3.8) is 0 Å². The predicted molar refractivity (Wildman–Crippen MR) is 57.8 cm³/mol. The van der Waals surface area contributed by atoms with E-state index in [-0.39, 0.29) is 18.2 Å². The van der Waals surface area contributed by atoms with Gasteiger partial charge in [-0.3, -0.25) is 9.48 Å². The van der Waals surface area contributed by atoms with E-state index in [9.17, 15) is 4.79 Å². The number of nitrogens with zero attached hydrogens (tertiary/aromatic N) is 2. The summed E-state index contributed by atoms with van der Waals surface area (Å²) in [5, 5.41) is 6.63. The molecule has 6 nitrogen and oxygen atoms in total. The van der Waals surface area contributed by atoms with Crippen molar-refractivity contribution in [3.05, 3.63) is 35.9 Å². The number of carbonyl (C=O) groups excluding carboxylic acids is 1. The minimum Gasteiger partial charge on any atom is -0.455 e. The molecule has 2 rings (SSSR count). The molecular weight excluding hydrogens is 208 g/mol. The highest BCUT2D eigenvalue weighted by Gasteiger charge is 2.11. The van der Waals surface area contributed by atoms with Gasteiger partial charge in [0.2, 0.25) is 0 Å². The van der Waals surface area contributed by atoms with Crippen molar-refractivity contribution >= 4 is 11.7 Å². The van der Waals surface area contributed by atoms with Crippen LogP contribution in [0.2, 0.25) is 0 Å². The zero-order valence-electron chi connectivity index (χ0n) is 8.80. The molecule has 2 aromatic heterocycles. The Labute approximate surface area is 92.0 Å². The van der Waals surface area contributed by atoms with Gasteiger partial charge in [-0.25, -0.2) is 0 Å². The van der Waals surface area contributed by atoms with Crippen LogP contribution in [0.1, 0.15) is 16.3 Å². The SMILES string of the molecule is Cn1ccc(NC(=O)c2ccc(CN)o2)n1. The van der Waals surface area contributed by atoms with Crippen LogP contribution in [0.15, 0.2) is 28.8 Å². The Hall–Kier alpha value is -2.08. The summed E-state index contributed by atoms with van der Waals surface area (Å²) in [7, 11) is 1.77. The second-order valence-electron chi connectivity index (χ2n) is 3.30. The molecule has 0 fully saturated rings. The third kappa shape index (κ3) is 2.12. The number of aryl methyl sites for hydroxylation is 1. The van der Waals surface area contributed by atoms with Gasteiger partial charge in [0.05, 0.1) is 6.54 Å². The van der Waals surface area contributed by atoms with Crippen LogP contribution in [0.3, 0.4) is 0 Å². The molecule has 1 amide bonds. The monoisotopic (exact) mass is 220 g/mol. The Kier molecular flexibility index (Phi) is 2.74. The van der Waals surface area contributed by atoms with Crippen LogP contribution in [0.5, 0.6) is 0 Å². The summed E-state index contributed by atoms with van der Waals surface area (Å²) in [5.41, 5.74) is 5.38. The zero-order valence-corrected chi connectivity index (χ0v) is 8.80. The number of carbonyl (C=O) groups is 1. The quantitative estimate of drug-likeness (QED) is 0.798. The van der Waals surface area contributed by atoms with Crippen LogP contribution in [0, 0.1) is 0 Å². The first-order valence-corrected chi connectivity index (χ1v) is 4.79. The average Bonchev–Trinajstić information content (AvgIpc) is 2.87. The molecule has 0 radical (unpaired) electrons. The molecule has 0 aliphatic heterocycles. The van der Waals surface area contributed by atoms with E-state index >= 15 is 0 Å². The van der Waals surface area contributed by atoms with Crippen molar-refractivity contribution in [1.29, 1.82) is 0 Å². The first kappa shape index (κ1) is 10.4. The molecule has 84 valence electrons. The van der Waals surface area contributed by atoms with Crippen molar-refractivity contribution in [1.82, 2.24) is 9.78 Å². The fourth-order valence-corrected chi connectivity index (χ4v) is 1.27. The first-order valence-electron chi connectivity index (χ1n) is 4.79. The standard InChI is InChI=1S/C10H12N4O2/c1-14-5-4-9(13-14)12-10(15)8-3-2-7(6-11)16-8/h2-5H,6,11H2,1H3,(H,12,13,15). The van der Waals surface area contributed by atoms with E-state index in [1.807, 2.05) is 0 Å². The summed E-state index contributed by atoms with van der Waals surface area (Å²) in [4.78, 5) is 11.7. The molecule has 0 atom stereocenters. The second kappa shape index (κ2) is 4.19. The van der Waals surface area contributed by atoms with Crippen LogP contribution in [0.25, 0.3) is 0 Å². The number of aromatic nitrogens is 2. The Balaban J connectivity index is 2.08. The minimum atomic E-state index is -0.335. The Morgan fingerprint density at radius 2 is 2.38 bits per heavy atom. The molecule has 2 heterocycles. The summed E-state index contributed by atoms with van der Waals surface area (Å²) in [5.74, 6) is 0.953. The normalized spacial score (nSPS) is 10.4. The third-order valence-corrected chi connectivity index (χ3v) is 2.04. The number of nitrogens with two attached hydrogens (primary N) is 1. The lowest BCUT2D eigenvalue weighted by Crippen LogP contribution is -2.11. The molecule has 16 heavy (non-hydrogen) atoms. The van der Waals surface area contributed by atoms with Gasteiger partial charge in [-0.15, -0.1) is 0 Å². The van der Waals surface area contributed by atoms with Crippen LogP contribution >= 0.6 is 0 Å². The van der Waals surface area contributed by atoms with E-state index in [1.54, 1.807) is 36.1 Å². The lowest BCUT2D eigenvalue weighted by atomic mass is 10.4. The van der Waals surface area contributed by atoms with Crippen molar-refractivity contribution in [2.45, 2.75) is 6.54 Å². The maximum absolute atomic E-state index is 11.7. The van der Waals surface area contributed by atoms with E-state index in [2.05, 4.69) is 10.4 Å². The van der Waals surface area contributed by atoms with Crippen LogP contribution in [-0.2, 0) is 13.6 Å². The number of hydrogen-bond acceptors (Lipinski definition) is 4. The number of anilines is 1. The van der Waals surface area contributed by atoms with Gasteiger partial charge >= 0.3 is 0 Å². The molecule has 3 N–H and O–H groups in total. The van der Waals surface area contributed by atoms with Crippen molar-refractivity contribution in [2.75, 3.05) is 5.32 Å². The summed E-state index contributed by atoms with van der Waals surface area (Å²) >= 11 is 0. The zero-order chi connectivity index (χ0) is 11.5. The van der Waals surface area contributed by atoms with Gasteiger partial charge in [-0.2, -0.15) is 5.10 Å². The highest BCUT2D eigenvalue weighted by Crippen LogP contribution is 2.10.